The minimum atomic E-state index is -1.40. The van der Waals surface area contributed by atoms with Gasteiger partial charge >= 0.3 is 0 Å². The molecule has 0 amide bonds. The van der Waals surface area contributed by atoms with Gasteiger partial charge in [0.25, 0.3) is 0 Å². The molecule has 0 fully saturated rings. The maximum atomic E-state index is 8.73. The van der Waals surface area contributed by atoms with Gasteiger partial charge < -0.3 is 0 Å². The Kier molecular flexibility index (Phi) is 4.18. The van der Waals surface area contributed by atoms with Gasteiger partial charge in [-0.1, -0.05) is 54.5 Å². The third-order valence-electron chi connectivity index (χ3n) is 6.14. The fourth-order valence-corrected chi connectivity index (χ4v) is 4.35. The van der Waals surface area contributed by atoms with E-state index in [4.69, 9.17) is 2.74 Å². The molecule has 0 aliphatic heterocycles. The molecule has 0 atom stereocenters. The Morgan fingerprint density at radius 3 is 2.11 bits per heavy atom. The van der Waals surface area contributed by atoms with Gasteiger partial charge in [-0.2, -0.15) is 0 Å². The van der Waals surface area contributed by atoms with E-state index >= 15 is 0 Å². The highest BCUT2D eigenvalue weighted by Crippen LogP contribution is 2.47. The summed E-state index contributed by atoms with van der Waals surface area (Å²) in [7, 11) is 2.06. The lowest BCUT2D eigenvalue weighted by Gasteiger charge is -2.42. The summed E-state index contributed by atoms with van der Waals surface area (Å²) in [6.07, 6.45) is 3.00. The first-order valence-electron chi connectivity index (χ1n) is 11.2. The smallest absolute Gasteiger partial charge is 0.201 e. The van der Waals surface area contributed by atoms with Crippen molar-refractivity contribution in [1.29, 1.82) is 0 Å². The molecule has 0 unspecified atom stereocenters. The quantitative estimate of drug-likeness (QED) is 0.540. The van der Waals surface area contributed by atoms with E-state index in [0.29, 0.717) is 0 Å². The molecule has 1 aliphatic rings. The topological polar surface area (TPSA) is 3.88 Å². The molecule has 1 heterocycles. The lowest BCUT2D eigenvalue weighted by Crippen LogP contribution is -2.35. The number of hydrogen-bond acceptors (Lipinski definition) is 0. The number of rotatable bonds is 2. The predicted octanol–water partition coefficient (Wildman–Crippen LogP) is 6.42. The molecular formula is C26H38N+. The minimum absolute atomic E-state index is 0.156. The molecule has 0 saturated heterocycles. The van der Waals surface area contributed by atoms with E-state index in [1.165, 1.54) is 35.1 Å². The Balaban J connectivity index is 2.24. The highest BCUT2D eigenvalue weighted by molar-refractivity contribution is 5.65. The number of fused-ring (bicyclic) bond motifs is 1. The Labute approximate surface area is 169 Å². The van der Waals surface area contributed by atoms with Crippen molar-refractivity contribution in [2.24, 2.45) is 12.5 Å². The Bertz CT molecular complexity index is 946. The van der Waals surface area contributed by atoms with E-state index in [9.17, 15) is 0 Å². The summed E-state index contributed by atoms with van der Waals surface area (Å²) in [5.41, 5.74) is 7.09. The lowest BCUT2D eigenvalue weighted by molar-refractivity contribution is -0.660. The monoisotopic (exact) mass is 366 g/mol. The molecule has 146 valence electrons. The number of nitrogens with zero attached hydrogens (tertiary/aromatic N) is 1. The molecule has 1 nitrogen and oxygen atoms in total. The summed E-state index contributed by atoms with van der Waals surface area (Å²) in [5.74, 6) is 0. The molecule has 1 aromatic heterocycles. The summed E-state index contributed by atoms with van der Waals surface area (Å²) in [6, 6.07) is 8.75. The number of benzene rings is 1. The van der Waals surface area contributed by atoms with Crippen LogP contribution in [-0.2, 0) is 24.3 Å². The maximum Gasteiger partial charge on any atom is 0.212 e. The average molecular weight is 367 g/mol. The molecule has 0 N–H and O–H groups in total. The van der Waals surface area contributed by atoms with Crippen LogP contribution in [0.25, 0.3) is 11.3 Å². The van der Waals surface area contributed by atoms with Crippen LogP contribution in [0.2, 0.25) is 0 Å². The first-order chi connectivity index (χ1) is 13.1. The Hall–Kier alpha value is -1.63. The molecule has 3 rings (SSSR count). The van der Waals surface area contributed by atoms with Crippen LogP contribution in [0.4, 0.5) is 0 Å². The molecule has 0 spiro atoms. The van der Waals surface area contributed by atoms with Gasteiger partial charge in [-0.15, -0.1) is 0 Å². The molecule has 1 heteroatoms. The zero-order valence-corrected chi connectivity index (χ0v) is 18.7. The van der Waals surface area contributed by atoms with E-state index in [2.05, 4.69) is 64.4 Å². The predicted molar refractivity (Wildman–Crippen MR) is 116 cm³/mol. The average Bonchev–Trinajstić information content (AvgIpc) is 2.58. The Morgan fingerprint density at radius 2 is 1.56 bits per heavy atom. The lowest BCUT2D eigenvalue weighted by atomic mass is 9.62. The molecular weight excluding hydrogens is 326 g/mol. The summed E-state index contributed by atoms with van der Waals surface area (Å²) in [6.45, 7) is 17.5. The van der Waals surface area contributed by atoms with Crippen LogP contribution in [0.5, 0.6) is 0 Å². The highest BCUT2D eigenvalue weighted by Gasteiger charge is 2.38. The van der Waals surface area contributed by atoms with E-state index in [1.807, 2.05) is 33.0 Å². The normalized spacial score (nSPS) is 19.9. The van der Waals surface area contributed by atoms with Gasteiger partial charge in [0.15, 0.2) is 6.20 Å². The van der Waals surface area contributed by atoms with Gasteiger partial charge in [0.1, 0.15) is 7.05 Å². The zero-order chi connectivity index (χ0) is 22.0. The molecule has 2 aromatic rings. The summed E-state index contributed by atoms with van der Waals surface area (Å²) in [4.78, 5) is 0. The zero-order valence-electron chi connectivity index (χ0n) is 20.7. The number of aryl methyl sites for hydroxylation is 2. The number of hydrogen-bond donors (Lipinski definition) is 0. The fraction of sp³-hybridized carbons (Fsp3) is 0.577. The van der Waals surface area contributed by atoms with Crippen LogP contribution < -0.4 is 4.57 Å². The van der Waals surface area contributed by atoms with Gasteiger partial charge in [-0.05, 0) is 70.7 Å². The first kappa shape index (κ1) is 17.5. The van der Waals surface area contributed by atoms with Crippen molar-refractivity contribution >= 4 is 0 Å². The third kappa shape index (κ3) is 3.98. The van der Waals surface area contributed by atoms with E-state index in [-0.39, 0.29) is 10.8 Å². The summed E-state index contributed by atoms with van der Waals surface area (Å²) < 4.78 is 19.6. The largest absolute Gasteiger partial charge is 0.212 e. The van der Waals surface area contributed by atoms with Crippen LogP contribution in [0.15, 0.2) is 30.5 Å². The van der Waals surface area contributed by atoms with Crippen molar-refractivity contribution in [2.75, 3.05) is 0 Å². The fourth-order valence-electron chi connectivity index (χ4n) is 4.35. The van der Waals surface area contributed by atoms with Crippen molar-refractivity contribution in [2.45, 2.75) is 85.4 Å². The molecule has 1 aliphatic carbocycles. The van der Waals surface area contributed by atoms with Gasteiger partial charge in [-0.25, -0.2) is 4.57 Å². The second-order valence-corrected chi connectivity index (χ2v) is 10.8. The van der Waals surface area contributed by atoms with E-state index in [1.54, 1.807) is 0 Å². The SMILES string of the molecule is [2H]C([2H])(c1cc[n+](C)c(-c2cc3c(cc2C)C(C)(C)CCC3(C)C)c1)C(C)(C)C. The summed E-state index contributed by atoms with van der Waals surface area (Å²) >= 11 is 0. The summed E-state index contributed by atoms with van der Waals surface area (Å²) in [5, 5.41) is 0. The van der Waals surface area contributed by atoms with Crippen LogP contribution in [0.3, 0.4) is 0 Å². The van der Waals surface area contributed by atoms with Crippen molar-refractivity contribution in [3.8, 4) is 11.3 Å². The van der Waals surface area contributed by atoms with Crippen molar-refractivity contribution in [3.63, 3.8) is 0 Å². The van der Waals surface area contributed by atoms with Crippen molar-refractivity contribution in [1.82, 2.24) is 0 Å². The second-order valence-electron chi connectivity index (χ2n) is 10.8. The third-order valence-corrected chi connectivity index (χ3v) is 6.14. The minimum Gasteiger partial charge on any atom is -0.201 e. The van der Waals surface area contributed by atoms with Crippen LogP contribution in [0, 0.1) is 12.3 Å². The second kappa shape index (κ2) is 6.47. The van der Waals surface area contributed by atoms with E-state index < -0.39 is 11.8 Å². The van der Waals surface area contributed by atoms with Crippen LogP contribution >= 0.6 is 0 Å². The molecule has 27 heavy (non-hydrogen) atoms. The van der Waals surface area contributed by atoms with Crippen molar-refractivity contribution in [3.05, 3.63) is 52.7 Å². The highest BCUT2D eigenvalue weighted by atomic mass is 14.9. The van der Waals surface area contributed by atoms with Crippen molar-refractivity contribution < 1.29 is 7.31 Å². The maximum absolute atomic E-state index is 8.73. The van der Waals surface area contributed by atoms with Gasteiger partial charge in [0.2, 0.25) is 5.69 Å². The molecule has 1 aromatic carbocycles. The molecule has 0 bridgehead atoms. The van der Waals surface area contributed by atoms with Gasteiger partial charge in [0.05, 0.1) is 0 Å². The first-order valence-corrected chi connectivity index (χ1v) is 10.2. The van der Waals surface area contributed by atoms with Crippen LogP contribution in [0.1, 0.15) is 86.3 Å². The molecule has 0 radical (unpaired) electrons. The van der Waals surface area contributed by atoms with Crippen LogP contribution in [-0.4, -0.2) is 0 Å². The number of aromatic nitrogens is 1. The van der Waals surface area contributed by atoms with Gasteiger partial charge in [0, 0.05) is 20.4 Å². The standard InChI is InChI=1S/C26H38N/c1-18-14-21-22(26(7,8)12-11-25(21,5)6)16-20(18)23-15-19(10-13-27(23)9)17-24(2,3)4/h10,13-16H,11-12,17H2,1-9H3/q+1/i17D2. The molecule has 0 saturated carbocycles. The van der Waals surface area contributed by atoms with Gasteiger partial charge in [-0.3, -0.25) is 0 Å². The van der Waals surface area contributed by atoms with E-state index in [0.717, 1.165) is 11.3 Å². The Morgan fingerprint density at radius 1 is 1.00 bits per heavy atom. The number of pyridine rings is 1.